The summed E-state index contributed by atoms with van der Waals surface area (Å²) in [5.74, 6) is 0.0289. The Morgan fingerprint density at radius 2 is 1.61 bits per heavy atom. The summed E-state index contributed by atoms with van der Waals surface area (Å²) in [6.07, 6.45) is -3.03. The molecule has 0 radical (unpaired) electrons. The first-order chi connectivity index (χ1) is 13.1. The van der Waals surface area contributed by atoms with Gasteiger partial charge in [0.05, 0.1) is 10.5 Å². The molecule has 3 rings (SSSR count). The zero-order valence-corrected chi connectivity index (χ0v) is 16.4. The van der Waals surface area contributed by atoms with Crippen LogP contribution in [-0.2, 0) is 16.2 Å². The Morgan fingerprint density at radius 3 is 2.14 bits per heavy atom. The number of thiocarbonyl (C=S) groups is 1. The quantitative estimate of drug-likeness (QED) is 0.753. The minimum atomic E-state index is -4.38. The molecule has 2 aromatic rings. The second-order valence-corrected chi connectivity index (χ2v) is 8.64. The van der Waals surface area contributed by atoms with Crippen LogP contribution in [0.2, 0.25) is 0 Å². The monoisotopic (exact) mass is 428 g/mol. The first-order valence-corrected chi connectivity index (χ1v) is 10.6. The number of benzene rings is 2. The van der Waals surface area contributed by atoms with E-state index in [4.69, 9.17) is 17.4 Å². The fourth-order valence-corrected chi connectivity index (χ4v) is 4.60. The van der Waals surface area contributed by atoms with Gasteiger partial charge < -0.3 is 4.90 Å². The van der Waals surface area contributed by atoms with Gasteiger partial charge in [0, 0.05) is 18.7 Å². The first kappa shape index (κ1) is 20.8. The van der Waals surface area contributed by atoms with Gasteiger partial charge in [-0.25, -0.2) is 13.6 Å². The number of likely N-dealkylation sites (tertiary alicyclic amines) is 1. The number of rotatable bonds is 3. The molecule has 1 saturated heterocycles. The SMILES string of the molecule is NS(=O)(=O)c1ccccc1C1CCN(C(=S)c2ccc(C(F)(F)F)cc2)CC1. The van der Waals surface area contributed by atoms with E-state index < -0.39 is 21.8 Å². The number of nitrogens with two attached hydrogens (primary N) is 1. The Kier molecular flexibility index (Phi) is 5.79. The van der Waals surface area contributed by atoms with Crippen LogP contribution in [0.5, 0.6) is 0 Å². The second kappa shape index (κ2) is 7.81. The molecular weight excluding hydrogens is 409 g/mol. The topological polar surface area (TPSA) is 63.4 Å². The van der Waals surface area contributed by atoms with Gasteiger partial charge >= 0.3 is 6.18 Å². The highest BCUT2D eigenvalue weighted by molar-refractivity contribution is 7.89. The summed E-state index contributed by atoms with van der Waals surface area (Å²) in [5.41, 5.74) is 0.550. The average Bonchev–Trinajstić information content (AvgIpc) is 2.66. The Labute approximate surface area is 167 Å². The fourth-order valence-electron chi connectivity index (χ4n) is 3.45. The molecule has 4 nitrogen and oxygen atoms in total. The van der Waals surface area contributed by atoms with Crippen molar-refractivity contribution in [3.05, 3.63) is 65.2 Å². The predicted molar refractivity (Wildman–Crippen MR) is 105 cm³/mol. The average molecular weight is 429 g/mol. The van der Waals surface area contributed by atoms with E-state index in [1.54, 1.807) is 18.2 Å². The summed E-state index contributed by atoms with van der Waals surface area (Å²) >= 11 is 5.45. The highest BCUT2D eigenvalue weighted by Gasteiger charge is 2.31. The van der Waals surface area contributed by atoms with Crippen molar-refractivity contribution in [3.8, 4) is 0 Å². The van der Waals surface area contributed by atoms with Gasteiger partial charge in [-0.05, 0) is 42.5 Å². The van der Waals surface area contributed by atoms with E-state index in [9.17, 15) is 21.6 Å². The molecule has 0 amide bonds. The lowest BCUT2D eigenvalue weighted by Gasteiger charge is -2.34. The molecule has 2 N–H and O–H groups in total. The van der Waals surface area contributed by atoms with Crippen molar-refractivity contribution in [2.24, 2.45) is 5.14 Å². The largest absolute Gasteiger partial charge is 0.416 e. The summed E-state index contributed by atoms with van der Waals surface area (Å²) in [7, 11) is -3.80. The number of hydrogen-bond acceptors (Lipinski definition) is 3. The molecule has 1 fully saturated rings. The highest BCUT2D eigenvalue weighted by atomic mass is 32.2. The normalized spacial score (nSPS) is 16.2. The smallest absolute Gasteiger partial charge is 0.362 e. The van der Waals surface area contributed by atoms with Crippen molar-refractivity contribution in [3.63, 3.8) is 0 Å². The van der Waals surface area contributed by atoms with E-state index >= 15 is 0 Å². The minimum Gasteiger partial charge on any atom is -0.362 e. The van der Waals surface area contributed by atoms with Crippen molar-refractivity contribution >= 4 is 27.2 Å². The van der Waals surface area contributed by atoms with E-state index in [0.29, 0.717) is 42.0 Å². The minimum absolute atomic E-state index is 0.0289. The van der Waals surface area contributed by atoms with Crippen LogP contribution in [0.15, 0.2) is 53.4 Å². The van der Waals surface area contributed by atoms with Crippen LogP contribution in [0, 0.1) is 0 Å². The number of halogens is 3. The zero-order valence-electron chi connectivity index (χ0n) is 14.8. The number of hydrogen-bond donors (Lipinski definition) is 1. The molecule has 0 aliphatic carbocycles. The summed E-state index contributed by atoms with van der Waals surface area (Å²) in [4.78, 5) is 2.57. The van der Waals surface area contributed by atoms with Crippen molar-refractivity contribution in [1.82, 2.24) is 4.90 Å². The molecule has 1 aliphatic rings. The second-order valence-electron chi connectivity index (χ2n) is 6.72. The molecule has 1 heterocycles. The number of nitrogens with zero attached hydrogens (tertiary/aromatic N) is 1. The summed E-state index contributed by atoms with van der Waals surface area (Å²) in [6, 6.07) is 11.5. The number of piperidine rings is 1. The molecule has 0 unspecified atom stereocenters. The Balaban J connectivity index is 1.70. The first-order valence-electron chi connectivity index (χ1n) is 8.65. The maximum absolute atomic E-state index is 12.7. The fraction of sp³-hybridized carbons (Fsp3) is 0.316. The Hall–Kier alpha value is -1.97. The standard InChI is InChI=1S/C19H19F3N2O2S2/c20-19(21,22)15-7-5-14(6-8-15)18(27)24-11-9-13(10-12-24)16-3-1-2-4-17(16)28(23,25)26/h1-8,13H,9-12H2,(H2,23,25,26). The number of alkyl halides is 3. The molecular formula is C19H19F3N2O2S2. The van der Waals surface area contributed by atoms with Gasteiger partial charge in [-0.1, -0.05) is 42.5 Å². The molecule has 9 heteroatoms. The van der Waals surface area contributed by atoms with Gasteiger partial charge in [-0.3, -0.25) is 0 Å². The maximum Gasteiger partial charge on any atom is 0.416 e. The van der Waals surface area contributed by atoms with E-state index in [1.165, 1.54) is 18.2 Å². The van der Waals surface area contributed by atoms with Crippen molar-refractivity contribution in [2.45, 2.75) is 29.8 Å². The van der Waals surface area contributed by atoms with Gasteiger partial charge in [0.1, 0.15) is 4.99 Å². The van der Waals surface area contributed by atoms with Crippen LogP contribution in [0.25, 0.3) is 0 Å². The third-order valence-corrected chi connectivity index (χ3v) is 6.39. The van der Waals surface area contributed by atoms with Gasteiger partial charge in [-0.2, -0.15) is 13.2 Å². The van der Waals surface area contributed by atoms with Crippen LogP contribution in [0.4, 0.5) is 13.2 Å². The third kappa shape index (κ3) is 4.53. The highest BCUT2D eigenvalue weighted by Crippen LogP contribution is 2.33. The van der Waals surface area contributed by atoms with Gasteiger partial charge in [0.25, 0.3) is 0 Å². The molecule has 2 aromatic carbocycles. The molecule has 1 aliphatic heterocycles. The van der Waals surface area contributed by atoms with Crippen LogP contribution >= 0.6 is 12.2 Å². The lowest BCUT2D eigenvalue weighted by atomic mass is 9.89. The van der Waals surface area contributed by atoms with Gasteiger partial charge in [-0.15, -0.1) is 0 Å². The van der Waals surface area contributed by atoms with Gasteiger partial charge in [0.2, 0.25) is 10.0 Å². The number of sulfonamides is 1. The third-order valence-electron chi connectivity index (χ3n) is 4.91. The van der Waals surface area contributed by atoms with E-state index in [0.717, 1.165) is 12.1 Å². The summed E-state index contributed by atoms with van der Waals surface area (Å²) < 4.78 is 61.7. The van der Waals surface area contributed by atoms with Crippen LogP contribution in [0.1, 0.15) is 35.4 Å². The predicted octanol–water partition coefficient (Wildman–Crippen LogP) is 3.91. The zero-order chi connectivity index (χ0) is 20.5. The Morgan fingerprint density at radius 1 is 1.04 bits per heavy atom. The Bertz CT molecular complexity index is 965. The summed E-state index contributed by atoms with van der Waals surface area (Å²) in [6.45, 7) is 1.17. The molecule has 0 aromatic heterocycles. The number of primary sulfonamides is 1. The maximum atomic E-state index is 12.7. The summed E-state index contributed by atoms with van der Waals surface area (Å²) in [5, 5.41) is 5.32. The lowest BCUT2D eigenvalue weighted by molar-refractivity contribution is -0.137. The van der Waals surface area contributed by atoms with Crippen LogP contribution in [0.3, 0.4) is 0 Å². The van der Waals surface area contributed by atoms with E-state index in [1.807, 2.05) is 4.90 Å². The van der Waals surface area contributed by atoms with Crippen molar-refractivity contribution < 1.29 is 21.6 Å². The molecule has 0 spiro atoms. The van der Waals surface area contributed by atoms with Gasteiger partial charge in [0.15, 0.2) is 0 Å². The van der Waals surface area contributed by atoms with Crippen molar-refractivity contribution in [1.29, 1.82) is 0 Å². The van der Waals surface area contributed by atoms with E-state index in [-0.39, 0.29) is 10.8 Å². The van der Waals surface area contributed by atoms with Crippen LogP contribution < -0.4 is 5.14 Å². The molecule has 28 heavy (non-hydrogen) atoms. The van der Waals surface area contributed by atoms with Crippen molar-refractivity contribution in [2.75, 3.05) is 13.1 Å². The van der Waals surface area contributed by atoms with Crippen LogP contribution in [-0.4, -0.2) is 31.4 Å². The molecule has 0 atom stereocenters. The molecule has 0 bridgehead atoms. The van der Waals surface area contributed by atoms with E-state index in [2.05, 4.69) is 0 Å². The molecule has 150 valence electrons. The molecule has 0 saturated carbocycles. The lowest BCUT2D eigenvalue weighted by Crippen LogP contribution is -2.37.